The third-order valence-electron chi connectivity index (χ3n) is 0.629. The van der Waals surface area contributed by atoms with E-state index in [-0.39, 0.29) is 0 Å². The van der Waals surface area contributed by atoms with E-state index in [0.29, 0.717) is 0 Å². The van der Waals surface area contributed by atoms with Crippen LogP contribution in [0.2, 0.25) is 0 Å². The molecule has 0 spiro atoms. The number of nitrogens with two attached hydrogens (primary N) is 1. The summed E-state index contributed by atoms with van der Waals surface area (Å²) < 4.78 is 0. The van der Waals surface area contributed by atoms with Gasteiger partial charge in [-0.1, -0.05) is 6.08 Å². The molecular formula is C4H6N2O2. The highest BCUT2D eigenvalue weighted by Crippen LogP contribution is 1.81. The first-order chi connectivity index (χ1) is 3.72. The molecule has 8 heavy (non-hydrogen) atoms. The Hall–Kier alpha value is -1.03. The fraction of sp³-hybridized carbons (Fsp3) is 0.250. The summed E-state index contributed by atoms with van der Waals surface area (Å²) in [5, 5.41) is 2.07. The minimum atomic E-state index is -0.938. The summed E-state index contributed by atoms with van der Waals surface area (Å²) in [7, 11) is 0. The van der Waals surface area contributed by atoms with Crippen molar-refractivity contribution < 1.29 is 4.79 Å². The third-order valence-corrected chi connectivity index (χ3v) is 0.629. The molecule has 0 aliphatic heterocycles. The average Bonchev–Trinajstić information content (AvgIpc) is 1.84. The molecule has 1 amide bonds. The second-order valence-corrected chi connectivity index (χ2v) is 1.19. The normalized spacial score (nSPS) is 12.1. The molecule has 0 aliphatic carbocycles. The first-order valence-corrected chi connectivity index (χ1v) is 1.97. The van der Waals surface area contributed by atoms with Crippen LogP contribution in [0.15, 0.2) is 17.8 Å². The summed E-state index contributed by atoms with van der Waals surface area (Å²) in [6.07, 6.45) is 1.16. The van der Waals surface area contributed by atoms with Gasteiger partial charge in [-0.05, 0) is 0 Å². The van der Waals surface area contributed by atoms with Gasteiger partial charge in [-0.25, -0.2) is 0 Å². The van der Waals surface area contributed by atoms with Crippen molar-refractivity contribution in [2.45, 2.75) is 6.04 Å². The van der Waals surface area contributed by atoms with Gasteiger partial charge < -0.3 is 5.73 Å². The third kappa shape index (κ3) is 1.61. The molecule has 0 rings (SSSR count). The van der Waals surface area contributed by atoms with Gasteiger partial charge in [0.15, 0.2) is 0 Å². The van der Waals surface area contributed by atoms with E-state index in [4.69, 9.17) is 5.73 Å². The van der Waals surface area contributed by atoms with Gasteiger partial charge in [0, 0.05) is 5.18 Å². The van der Waals surface area contributed by atoms with Crippen LogP contribution in [0.5, 0.6) is 0 Å². The Kier molecular flexibility index (Phi) is 2.64. The lowest BCUT2D eigenvalue weighted by molar-refractivity contribution is -0.118. The summed E-state index contributed by atoms with van der Waals surface area (Å²) in [6.45, 7) is 3.18. The largest absolute Gasteiger partial charge is 0.317 e. The molecule has 0 aromatic carbocycles. The van der Waals surface area contributed by atoms with E-state index in [1.165, 1.54) is 0 Å². The Morgan fingerprint density at radius 2 is 2.38 bits per heavy atom. The zero-order chi connectivity index (χ0) is 6.57. The van der Waals surface area contributed by atoms with Gasteiger partial charge in [0.1, 0.15) is 6.04 Å². The maximum atomic E-state index is 10.1. The van der Waals surface area contributed by atoms with Crippen LogP contribution < -0.4 is 5.73 Å². The molecule has 0 bridgehead atoms. The first-order valence-electron chi connectivity index (χ1n) is 1.97. The van der Waals surface area contributed by atoms with Crippen molar-refractivity contribution >= 4 is 5.91 Å². The zero-order valence-corrected chi connectivity index (χ0v) is 4.20. The highest BCUT2D eigenvalue weighted by molar-refractivity contribution is 5.83. The minimum absolute atomic E-state index is 0.889. The Bertz CT molecular complexity index is 121. The molecular weight excluding hydrogens is 108 g/mol. The topological polar surface area (TPSA) is 72.5 Å². The summed E-state index contributed by atoms with van der Waals surface area (Å²) in [4.78, 5) is 19.4. The number of hydrogen-bond donors (Lipinski definition) is 1. The first kappa shape index (κ1) is 6.97. The van der Waals surface area contributed by atoms with Crippen molar-refractivity contribution in [3.63, 3.8) is 0 Å². The van der Waals surface area contributed by atoms with Crippen LogP contribution in [0, 0.1) is 4.91 Å². The van der Waals surface area contributed by atoms with Crippen LogP contribution in [-0.4, -0.2) is 11.9 Å². The van der Waals surface area contributed by atoms with Crippen molar-refractivity contribution in [3.05, 3.63) is 17.6 Å². The Morgan fingerprint density at radius 3 is 2.50 bits per heavy atom. The Morgan fingerprint density at radius 1 is 1.88 bits per heavy atom. The summed E-state index contributed by atoms with van der Waals surface area (Å²) >= 11 is 0. The van der Waals surface area contributed by atoms with Crippen molar-refractivity contribution in [3.8, 4) is 0 Å². The maximum Gasteiger partial charge on any atom is 0.306 e. The number of hydrogen-bond acceptors (Lipinski definition) is 3. The lowest BCUT2D eigenvalue weighted by Crippen LogP contribution is -2.25. The Balaban J connectivity index is 3.80. The van der Waals surface area contributed by atoms with Crippen molar-refractivity contribution in [2.24, 2.45) is 10.9 Å². The van der Waals surface area contributed by atoms with Crippen molar-refractivity contribution in [2.75, 3.05) is 0 Å². The monoisotopic (exact) mass is 114 g/mol. The van der Waals surface area contributed by atoms with Crippen LogP contribution >= 0.6 is 0 Å². The number of rotatable bonds is 2. The lowest BCUT2D eigenvalue weighted by Gasteiger charge is -1.91. The van der Waals surface area contributed by atoms with Gasteiger partial charge in [0.05, 0.1) is 0 Å². The predicted octanol–water partition coefficient (Wildman–Crippen LogP) is -0.207. The second kappa shape index (κ2) is 3.04. The predicted molar refractivity (Wildman–Crippen MR) is 29.0 cm³/mol. The number of nitroso groups, excluding NO2 is 1. The maximum absolute atomic E-state index is 10.1. The minimum Gasteiger partial charge on any atom is -0.317 e. The fourth-order valence-corrected chi connectivity index (χ4v) is 0.162. The van der Waals surface area contributed by atoms with Gasteiger partial charge in [-0.3, -0.25) is 4.79 Å². The van der Waals surface area contributed by atoms with Gasteiger partial charge in [-0.2, -0.15) is 0 Å². The average molecular weight is 114 g/mol. The van der Waals surface area contributed by atoms with E-state index in [9.17, 15) is 9.70 Å². The molecule has 1 unspecified atom stereocenters. The molecule has 0 heterocycles. The standard InChI is InChI=1S/C4H6N2O2/c1-2-3(5)4(7)6-8/h2-3H,1,5H2. The van der Waals surface area contributed by atoms with E-state index in [0.717, 1.165) is 6.08 Å². The molecule has 44 valence electrons. The smallest absolute Gasteiger partial charge is 0.306 e. The van der Waals surface area contributed by atoms with Crippen LogP contribution in [-0.2, 0) is 4.79 Å². The zero-order valence-electron chi connectivity index (χ0n) is 4.20. The SMILES string of the molecule is C=CC(N)C(=O)N=O. The van der Waals surface area contributed by atoms with Crippen LogP contribution in [0.25, 0.3) is 0 Å². The Labute approximate surface area is 46.3 Å². The molecule has 0 aromatic rings. The molecule has 0 aliphatic rings. The molecule has 4 nitrogen and oxygen atoms in total. The van der Waals surface area contributed by atoms with Crippen molar-refractivity contribution in [1.29, 1.82) is 0 Å². The number of amides is 1. The quantitative estimate of drug-likeness (QED) is 0.399. The molecule has 0 saturated carbocycles. The summed E-state index contributed by atoms with van der Waals surface area (Å²) in [6, 6.07) is -0.938. The van der Waals surface area contributed by atoms with E-state index >= 15 is 0 Å². The molecule has 0 fully saturated rings. The number of carbonyl (C=O) groups is 1. The summed E-state index contributed by atoms with van der Waals surface area (Å²) in [5.74, 6) is -0.889. The highest BCUT2D eigenvalue weighted by Gasteiger charge is 2.07. The molecule has 1 atom stereocenters. The van der Waals surface area contributed by atoms with Crippen LogP contribution in [0.1, 0.15) is 0 Å². The second-order valence-electron chi connectivity index (χ2n) is 1.19. The van der Waals surface area contributed by atoms with Crippen LogP contribution in [0.3, 0.4) is 0 Å². The molecule has 0 radical (unpaired) electrons. The van der Waals surface area contributed by atoms with Gasteiger partial charge in [0.25, 0.3) is 0 Å². The fourth-order valence-electron chi connectivity index (χ4n) is 0.162. The molecule has 2 N–H and O–H groups in total. The summed E-state index contributed by atoms with van der Waals surface area (Å²) in [5.41, 5.74) is 4.97. The van der Waals surface area contributed by atoms with Crippen molar-refractivity contribution in [1.82, 2.24) is 0 Å². The van der Waals surface area contributed by atoms with Gasteiger partial charge in [-0.15, -0.1) is 11.5 Å². The molecule has 4 heteroatoms. The highest BCUT2D eigenvalue weighted by atomic mass is 16.3. The molecule has 0 aromatic heterocycles. The molecule has 0 saturated heterocycles. The van der Waals surface area contributed by atoms with Gasteiger partial charge >= 0.3 is 5.91 Å². The van der Waals surface area contributed by atoms with E-state index in [2.05, 4.69) is 11.8 Å². The van der Waals surface area contributed by atoms with E-state index in [1.807, 2.05) is 0 Å². The van der Waals surface area contributed by atoms with Crippen LogP contribution in [0.4, 0.5) is 0 Å². The van der Waals surface area contributed by atoms with E-state index in [1.54, 1.807) is 0 Å². The van der Waals surface area contributed by atoms with E-state index < -0.39 is 11.9 Å². The number of nitrogens with zero attached hydrogens (tertiary/aromatic N) is 1. The van der Waals surface area contributed by atoms with Gasteiger partial charge in [0.2, 0.25) is 0 Å². The lowest BCUT2D eigenvalue weighted by atomic mass is 10.3. The number of carbonyl (C=O) groups excluding carboxylic acids is 1.